The molecule has 1 aromatic carbocycles. The average molecular weight is 334 g/mol. The molecule has 0 aliphatic carbocycles. The van der Waals surface area contributed by atoms with Crippen molar-refractivity contribution in [3.8, 4) is 5.75 Å². The first-order valence-corrected chi connectivity index (χ1v) is 6.92. The zero-order chi connectivity index (χ0) is 17.8. The van der Waals surface area contributed by atoms with E-state index in [-0.39, 0.29) is 12.3 Å². The van der Waals surface area contributed by atoms with Gasteiger partial charge in [-0.3, -0.25) is 0 Å². The highest BCUT2D eigenvalue weighted by atomic mass is 19.4. The number of amides is 2. The monoisotopic (exact) mass is 334 g/mol. The number of anilines is 1. The van der Waals surface area contributed by atoms with Gasteiger partial charge in [0, 0.05) is 12.7 Å². The van der Waals surface area contributed by atoms with E-state index in [1.54, 1.807) is 20.8 Å². The van der Waals surface area contributed by atoms with E-state index in [0.29, 0.717) is 11.3 Å². The fourth-order valence-electron chi connectivity index (χ4n) is 1.92. The van der Waals surface area contributed by atoms with Crippen molar-refractivity contribution in [2.75, 3.05) is 25.5 Å². The summed E-state index contributed by atoms with van der Waals surface area (Å²) in [5.74, 6) is 0.102. The minimum Gasteiger partial charge on any atom is -0.484 e. The fraction of sp³-hybridized carbons (Fsp3) is 0.533. The van der Waals surface area contributed by atoms with Crippen molar-refractivity contribution in [3.63, 3.8) is 0 Å². The predicted molar refractivity (Wildman–Crippen MR) is 80.7 cm³/mol. The van der Waals surface area contributed by atoms with E-state index >= 15 is 0 Å². The summed E-state index contributed by atoms with van der Waals surface area (Å²) in [6.07, 6.45) is -4.40. The molecule has 0 atom stereocenters. The van der Waals surface area contributed by atoms with E-state index in [2.05, 4.69) is 5.32 Å². The summed E-state index contributed by atoms with van der Waals surface area (Å²) in [5, 5.41) is 12.3. The third kappa shape index (κ3) is 7.23. The topological polar surface area (TPSA) is 61.8 Å². The van der Waals surface area contributed by atoms with Gasteiger partial charge in [0.1, 0.15) is 5.75 Å². The molecule has 0 spiro atoms. The van der Waals surface area contributed by atoms with E-state index in [0.717, 1.165) is 0 Å². The lowest BCUT2D eigenvalue weighted by atomic mass is 10.1. The largest absolute Gasteiger partial charge is 0.484 e. The molecule has 130 valence electrons. The Morgan fingerprint density at radius 1 is 1.35 bits per heavy atom. The van der Waals surface area contributed by atoms with Crippen molar-refractivity contribution in [1.29, 1.82) is 0 Å². The van der Waals surface area contributed by atoms with E-state index < -0.39 is 24.4 Å². The molecule has 0 bridgehead atoms. The number of hydrogen-bond donors (Lipinski definition) is 2. The van der Waals surface area contributed by atoms with Crippen molar-refractivity contribution < 1.29 is 27.8 Å². The van der Waals surface area contributed by atoms with E-state index in [1.807, 2.05) is 0 Å². The highest BCUT2D eigenvalue weighted by Gasteiger charge is 2.28. The molecule has 1 aromatic rings. The molecular formula is C15H21F3N2O3. The second kappa shape index (κ2) is 7.08. The smallest absolute Gasteiger partial charge is 0.422 e. The Bertz CT molecular complexity index is 554. The van der Waals surface area contributed by atoms with Crippen LogP contribution in [0.4, 0.5) is 23.7 Å². The fourth-order valence-corrected chi connectivity index (χ4v) is 1.92. The number of benzene rings is 1. The van der Waals surface area contributed by atoms with Gasteiger partial charge in [-0.2, -0.15) is 13.2 Å². The summed E-state index contributed by atoms with van der Waals surface area (Å²) in [4.78, 5) is 13.3. The van der Waals surface area contributed by atoms with E-state index in [9.17, 15) is 23.1 Å². The van der Waals surface area contributed by atoms with Gasteiger partial charge in [0.15, 0.2) is 6.61 Å². The summed E-state index contributed by atoms with van der Waals surface area (Å²) in [5.41, 5.74) is -0.135. The van der Waals surface area contributed by atoms with Gasteiger partial charge in [-0.05, 0) is 44.5 Å². The van der Waals surface area contributed by atoms with Crippen LogP contribution in [0, 0.1) is 6.92 Å². The lowest BCUT2D eigenvalue weighted by molar-refractivity contribution is -0.153. The second-order valence-electron chi connectivity index (χ2n) is 5.98. The minimum atomic E-state index is -4.40. The molecule has 1 rings (SSSR count). The Hall–Kier alpha value is -1.96. The number of halogens is 3. The molecule has 5 nitrogen and oxygen atoms in total. The lowest BCUT2D eigenvalue weighted by Crippen LogP contribution is -2.41. The Labute approximate surface area is 133 Å². The van der Waals surface area contributed by atoms with Gasteiger partial charge in [-0.15, -0.1) is 0 Å². The molecule has 0 aliphatic rings. The lowest BCUT2D eigenvalue weighted by Gasteiger charge is -2.25. The highest BCUT2D eigenvalue weighted by molar-refractivity contribution is 5.89. The Kier molecular flexibility index (Phi) is 5.87. The second-order valence-corrected chi connectivity index (χ2v) is 5.98. The predicted octanol–water partition coefficient (Wildman–Crippen LogP) is 3.17. The van der Waals surface area contributed by atoms with Crippen LogP contribution in [0.5, 0.6) is 5.75 Å². The zero-order valence-corrected chi connectivity index (χ0v) is 13.5. The van der Waals surface area contributed by atoms with Crippen LogP contribution in [-0.2, 0) is 0 Å². The average Bonchev–Trinajstić information content (AvgIpc) is 2.34. The maximum absolute atomic E-state index is 12.1. The van der Waals surface area contributed by atoms with Crippen LogP contribution in [0.3, 0.4) is 0 Å². The SMILES string of the molecule is Cc1cc(NC(=O)N(C)CC(C)(C)O)ccc1OCC(F)(F)F. The number of aryl methyl sites for hydroxylation is 1. The molecule has 0 radical (unpaired) electrons. The van der Waals surface area contributed by atoms with Crippen LogP contribution in [0.1, 0.15) is 19.4 Å². The summed E-state index contributed by atoms with van der Waals surface area (Å²) >= 11 is 0. The van der Waals surface area contributed by atoms with Gasteiger partial charge in [-0.1, -0.05) is 0 Å². The molecule has 0 fully saturated rings. The van der Waals surface area contributed by atoms with Crippen LogP contribution in [0.15, 0.2) is 18.2 Å². The number of aliphatic hydroxyl groups is 1. The molecule has 0 heterocycles. The van der Waals surface area contributed by atoms with Gasteiger partial charge in [0.25, 0.3) is 0 Å². The molecule has 0 unspecified atom stereocenters. The number of ether oxygens (including phenoxy) is 1. The molecule has 0 saturated carbocycles. The third-order valence-corrected chi connectivity index (χ3v) is 2.79. The first-order chi connectivity index (χ1) is 10.4. The molecule has 0 aliphatic heterocycles. The maximum atomic E-state index is 12.1. The van der Waals surface area contributed by atoms with E-state index in [4.69, 9.17) is 4.74 Å². The number of nitrogens with one attached hydrogen (secondary N) is 1. The summed E-state index contributed by atoms with van der Waals surface area (Å²) in [7, 11) is 1.53. The molecule has 2 amide bonds. The zero-order valence-electron chi connectivity index (χ0n) is 13.5. The van der Waals surface area contributed by atoms with Gasteiger partial charge >= 0.3 is 12.2 Å². The number of carbonyl (C=O) groups excluding carboxylic acids is 1. The van der Waals surface area contributed by atoms with Crippen molar-refractivity contribution >= 4 is 11.7 Å². The van der Waals surface area contributed by atoms with Gasteiger partial charge < -0.3 is 20.1 Å². The number of carbonyl (C=O) groups is 1. The van der Waals surface area contributed by atoms with Crippen LogP contribution in [0.25, 0.3) is 0 Å². The van der Waals surface area contributed by atoms with Crippen LogP contribution >= 0.6 is 0 Å². The number of rotatable bonds is 5. The van der Waals surface area contributed by atoms with Crippen molar-refractivity contribution in [3.05, 3.63) is 23.8 Å². The third-order valence-electron chi connectivity index (χ3n) is 2.79. The molecule has 8 heteroatoms. The van der Waals surface area contributed by atoms with Crippen LogP contribution in [0.2, 0.25) is 0 Å². The van der Waals surface area contributed by atoms with Crippen LogP contribution in [-0.4, -0.2) is 48.0 Å². The van der Waals surface area contributed by atoms with Crippen LogP contribution < -0.4 is 10.1 Å². The summed E-state index contributed by atoms with van der Waals surface area (Å²) in [6, 6.07) is 3.90. The first kappa shape index (κ1) is 19.1. The van der Waals surface area contributed by atoms with Crippen molar-refractivity contribution in [2.24, 2.45) is 0 Å². The Morgan fingerprint density at radius 2 is 1.96 bits per heavy atom. The summed E-state index contributed by atoms with van der Waals surface area (Å²) < 4.78 is 41.1. The number of alkyl halides is 3. The molecule has 23 heavy (non-hydrogen) atoms. The number of likely N-dealkylation sites (N-methyl/N-ethyl adjacent to an activating group) is 1. The number of hydrogen-bond acceptors (Lipinski definition) is 3. The molecule has 0 aromatic heterocycles. The Balaban J connectivity index is 2.69. The normalized spacial score (nSPS) is 12.0. The summed E-state index contributed by atoms with van der Waals surface area (Å²) in [6.45, 7) is 3.50. The number of nitrogens with zero attached hydrogens (tertiary/aromatic N) is 1. The van der Waals surface area contributed by atoms with Gasteiger partial charge in [0.2, 0.25) is 0 Å². The first-order valence-electron chi connectivity index (χ1n) is 6.92. The van der Waals surface area contributed by atoms with Crippen molar-refractivity contribution in [2.45, 2.75) is 32.5 Å². The van der Waals surface area contributed by atoms with Crippen molar-refractivity contribution in [1.82, 2.24) is 4.90 Å². The molecular weight excluding hydrogens is 313 g/mol. The maximum Gasteiger partial charge on any atom is 0.422 e. The van der Waals surface area contributed by atoms with E-state index in [1.165, 1.54) is 30.1 Å². The Morgan fingerprint density at radius 3 is 2.43 bits per heavy atom. The van der Waals surface area contributed by atoms with Gasteiger partial charge in [0.05, 0.1) is 12.1 Å². The number of urea groups is 1. The molecule has 0 saturated heterocycles. The molecule has 2 N–H and O–H groups in total. The standard InChI is InChI=1S/C15H21F3N2O3/c1-10-7-11(5-6-12(10)23-9-15(16,17)18)19-13(21)20(4)8-14(2,3)22/h5-7,22H,8-9H2,1-4H3,(H,19,21). The highest BCUT2D eigenvalue weighted by Crippen LogP contribution is 2.24. The minimum absolute atomic E-state index is 0.102. The van der Waals surface area contributed by atoms with Gasteiger partial charge in [-0.25, -0.2) is 4.79 Å². The quantitative estimate of drug-likeness (QED) is 0.869.